The van der Waals surface area contributed by atoms with Gasteiger partial charge in [0.2, 0.25) is 5.78 Å². The van der Waals surface area contributed by atoms with Gasteiger partial charge in [0.1, 0.15) is 5.69 Å². The molecule has 28 heavy (non-hydrogen) atoms. The van der Waals surface area contributed by atoms with Gasteiger partial charge < -0.3 is 10.0 Å². The molecular weight excluding hydrogens is 354 g/mol. The van der Waals surface area contributed by atoms with Crippen molar-refractivity contribution in [3.05, 3.63) is 96.3 Å². The zero-order valence-corrected chi connectivity index (χ0v) is 15.1. The third kappa shape index (κ3) is 3.89. The largest absolute Gasteiger partial charge is 0.387 e. The molecule has 1 unspecified atom stereocenters. The Bertz CT molecular complexity index is 1030. The van der Waals surface area contributed by atoms with Crippen LogP contribution in [0.25, 0.3) is 5.78 Å². The molecule has 0 aliphatic rings. The molecule has 1 amide bonds. The Morgan fingerprint density at radius 2 is 1.86 bits per heavy atom. The number of aliphatic hydroxyl groups is 1. The lowest BCUT2D eigenvalue weighted by Crippen LogP contribution is -2.34. The highest BCUT2D eigenvalue weighted by molar-refractivity contribution is 5.92. The van der Waals surface area contributed by atoms with Crippen molar-refractivity contribution in [2.75, 3.05) is 6.54 Å². The van der Waals surface area contributed by atoms with Gasteiger partial charge in [-0.3, -0.25) is 14.2 Å². The highest BCUT2D eigenvalue weighted by Crippen LogP contribution is 2.17. The van der Waals surface area contributed by atoms with Crippen molar-refractivity contribution in [2.45, 2.75) is 12.6 Å². The molecule has 4 aromatic rings. The molecule has 0 saturated carbocycles. The number of nitrogens with zero attached hydrogens (tertiary/aromatic N) is 5. The van der Waals surface area contributed by atoms with Crippen LogP contribution in [0, 0.1) is 0 Å². The molecule has 0 bridgehead atoms. The summed E-state index contributed by atoms with van der Waals surface area (Å²) in [6, 6.07) is 14.8. The SMILES string of the molecule is O=C(c1cn2cccnc2n1)N(Cc1ccncc1)CC(O)c1ccccc1. The number of amides is 1. The second kappa shape index (κ2) is 7.98. The molecule has 3 heterocycles. The first-order valence-electron chi connectivity index (χ1n) is 8.91. The fourth-order valence-electron chi connectivity index (χ4n) is 3.01. The lowest BCUT2D eigenvalue weighted by Gasteiger charge is -2.25. The van der Waals surface area contributed by atoms with E-state index in [4.69, 9.17) is 0 Å². The number of imidazole rings is 1. The average molecular weight is 373 g/mol. The molecule has 140 valence electrons. The minimum absolute atomic E-state index is 0.145. The van der Waals surface area contributed by atoms with Crippen molar-refractivity contribution in [1.82, 2.24) is 24.3 Å². The maximum absolute atomic E-state index is 13.2. The van der Waals surface area contributed by atoms with Gasteiger partial charge in [-0.15, -0.1) is 0 Å². The molecule has 4 rings (SSSR count). The van der Waals surface area contributed by atoms with Crippen LogP contribution in [0.1, 0.15) is 27.7 Å². The van der Waals surface area contributed by atoms with E-state index in [1.54, 1.807) is 46.4 Å². The van der Waals surface area contributed by atoms with Crippen LogP contribution in [0.2, 0.25) is 0 Å². The molecule has 3 aromatic heterocycles. The van der Waals surface area contributed by atoms with Crippen LogP contribution in [0.5, 0.6) is 0 Å². The van der Waals surface area contributed by atoms with E-state index in [1.807, 2.05) is 42.5 Å². The summed E-state index contributed by atoms with van der Waals surface area (Å²) in [5.41, 5.74) is 1.96. The predicted octanol–water partition coefficient (Wildman–Crippen LogP) is 2.50. The summed E-state index contributed by atoms with van der Waals surface area (Å²) in [7, 11) is 0. The molecule has 1 aromatic carbocycles. The molecule has 1 N–H and O–H groups in total. The Morgan fingerprint density at radius 1 is 1.07 bits per heavy atom. The number of aliphatic hydroxyl groups excluding tert-OH is 1. The lowest BCUT2D eigenvalue weighted by molar-refractivity contribution is 0.0599. The summed E-state index contributed by atoms with van der Waals surface area (Å²) < 4.78 is 1.70. The molecule has 0 saturated heterocycles. The average Bonchev–Trinajstić information content (AvgIpc) is 3.18. The molecule has 0 radical (unpaired) electrons. The molecule has 0 spiro atoms. The molecule has 1 atom stereocenters. The van der Waals surface area contributed by atoms with Crippen molar-refractivity contribution >= 4 is 11.7 Å². The van der Waals surface area contributed by atoms with E-state index in [9.17, 15) is 9.90 Å². The van der Waals surface area contributed by atoms with Crippen LogP contribution in [-0.2, 0) is 6.54 Å². The van der Waals surface area contributed by atoms with E-state index < -0.39 is 6.10 Å². The first-order chi connectivity index (χ1) is 13.7. The van der Waals surface area contributed by atoms with E-state index >= 15 is 0 Å². The zero-order valence-electron chi connectivity index (χ0n) is 15.1. The number of hydrogen-bond donors (Lipinski definition) is 1. The van der Waals surface area contributed by atoms with Gasteiger partial charge in [0.05, 0.1) is 12.6 Å². The smallest absolute Gasteiger partial charge is 0.274 e. The Labute approximate surface area is 161 Å². The van der Waals surface area contributed by atoms with E-state index in [-0.39, 0.29) is 18.1 Å². The number of carbonyl (C=O) groups is 1. The summed E-state index contributed by atoms with van der Waals surface area (Å²) in [6.07, 6.45) is 7.63. The summed E-state index contributed by atoms with van der Waals surface area (Å²) in [6.45, 7) is 0.485. The highest BCUT2D eigenvalue weighted by Gasteiger charge is 2.23. The second-order valence-electron chi connectivity index (χ2n) is 6.42. The standard InChI is InChI=1S/C21H19N5O2/c27-19(17-5-2-1-3-6-17)15-26(13-16-7-10-22-11-8-16)20(28)18-14-25-12-4-9-23-21(25)24-18/h1-12,14,19,27H,13,15H2. The first kappa shape index (κ1) is 17.8. The fraction of sp³-hybridized carbons (Fsp3) is 0.143. The quantitative estimate of drug-likeness (QED) is 0.561. The van der Waals surface area contributed by atoms with Crippen LogP contribution in [0.15, 0.2) is 79.5 Å². The number of aromatic nitrogens is 4. The van der Waals surface area contributed by atoms with E-state index in [0.29, 0.717) is 12.3 Å². The number of fused-ring (bicyclic) bond motifs is 1. The maximum atomic E-state index is 13.2. The summed E-state index contributed by atoms with van der Waals surface area (Å²) in [5, 5.41) is 10.7. The number of pyridine rings is 1. The molecular formula is C21H19N5O2. The first-order valence-corrected chi connectivity index (χ1v) is 8.91. The normalized spacial score (nSPS) is 12.0. The summed E-state index contributed by atoms with van der Waals surface area (Å²) in [5.74, 6) is 0.190. The summed E-state index contributed by atoms with van der Waals surface area (Å²) >= 11 is 0. The van der Waals surface area contributed by atoms with Gasteiger partial charge in [0, 0.05) is 37.5 Å². The molecule has 0 aliphatic heterocycles. The summed E-state index contributed by atoms with van der Waals surface area (Å²) in [4.78, 5) is 27.3. The van der Waals surface area contributed by atoms with Crippen molar-refractivity contribution < 1.29 is 9.90 Å². The van der Waals surface area contributed by atoms with E-state index in [1.165, 1.54) is 0 Å². The van der Waals surface area contributed by atoms with Crippen LogP contribution in [0.3, 0.4) is 0 Å². The van der Waals surface area contributed by atoms with E-state index in [2.05, 4.69) is 15.0 Å². The van der Waals surface area contributed by atoms with Gasteiger partial charge in [-0.25, -0.2) is 9.97 Å². The van der Waals surface area contributed by atoms with Gasteiger partial charge in [-0.1, -0.05) is 30.3 Å². The van der Waals surface area contributed by atoms with Crippen LogP contribution >= 0.6 is 0 Å². The Kier molecular flexibility index (Phi) is 5.07. The van der Waals surface area contributed by atoms with Gasteiger partial charge in [0.15, 0.2) is 0 Å². The number of benzene rings is 1. The highest BCUT2D eigenvalue weighted by atomic mass is 16.3. The van der Waals surface area contributed by atoms with Crippen molar-refractivity contribution in [2.24, 2.45) is 0 Å². The van der Waals surface area contributed by atoms with Crippen LogP contribution < -0.4 is 0 Å². The monoisotopic (exact) mass is 373 g/mol. The Hall–Kier alpha value is -3.58. The molecule has 0 aliphatic carbocycles. The Morgan fingerprint density at radius 3 is 2.61 bits per heavy atom. The second-order valence-corrected chi connectivity index (χ2v) is 6.42. The molecule has 7 nitrogen and oxygen atoms in total. The maximum Gasteiger partial charge on any atom is 0.274 e. The van der Waals surface area contributed by atoms with Crippen LogP contribution in [0.4, 0.5) is 0 Å². The topological polar surface area (TPSA) is 83.6 Å². The van der Waals surface area contributed by atoms with Gasteiger partial charge in [0.25, 0.3) is 5.91 Å². The number of carbonyl (C=O) groups excluding carboxylic acids is 1. The van der Waals surface area contributed by atoms with Gasteiger partial charge >= 0.3 is 0 Å². The minimum Gasteiger partial charge on any atom is -0.387 e. The number of rotatable bonds is 6. The van der Waals surface area contributed by atoms with E-state index in [0.717, 1.165) is 11.1 Å². The van der Waals surface area contributed by atoms with Crippen molar-refractivity contribution in [3.63, 3.8) is 0 Å². The Balaban J connectivity index is 1.62. The van der Waals surface area contributed by atoms with Crippen molar-refractivity contribution in [1.29, 1.82) is 0 Å². The van der Waals surface area contributed by atoms with Crippen LogP contribution in [-0.4, -0.2) is 41.8 Å². The minimum atomic E-state index is -0.804. The predicted molar refractivity (Wildman–Crippen MR) is 103 cm³/mol. The molecule has 7 heteroatoms. The third-order valence-electron chi connectivity index (χ3n) is 4.44. The third-order valence-corrected chi connectivity index (χ3v) is 4.44. The lowest BCUT2D eigenvalue weighted by atomic mass is 10.1. The zero-order chi connectivity index (χ0) is 19.3. The van der Waals surface area contributed by atoms with Crippen molar-refractivity contribution in [3.8, 4) is 0 Å². The van der Waals surface area contributed by atoms with Gasteiger partial charge in [-0.05, 0) is 29.3 Å². The number of hydrogen-bond acceptors (Lipinski definition) is 5. The molecule has 0 fully saturated rings. The van der Waals surface area contributed by atoms with Gasteiger partial charge in [-0.2, -0.15) is 0 Å². The fourth-order valence-corrected chi connectivity index (χ4v) is 3.01.